The summed E-state index contributed by atoms with van der Waals surface area (Å²) in [5.74, 6) is 0.150. The first-order chi connectivity index (χ1) is 8.19. The molecule has 5 heteroatoms. The van der Waals surface area contributed by atoms with Gasteiger partial charge in [-0.3, -0.25) is 4.79 Å². The second kappa shape index (κ2) is 4.69. The van der Waals surface area contributed by atoms with Crippen molar-refractivity contribution in [3.8, 4) is 11.8 Å². The molecule has 0 atom stereocenters. The lowest BCUT2D eigenvalue weighted by molar-refractivity contribution is 0.112. The number of nitrogens with zero attached hydrogens (tertiary/aromatic N) is 2. The van der Waals surface area contributed by atoms with Crippen LogP contribution in [0.1, 0.15) is 15.9 Å². The Hall–Kier alpha value is -2.30. The second-order valence-corrected chi connectivity index (χ2v) is 3.43. The number of halogens is 1. The Morgan fingerprint density at radius 3 is 2.59 bits per heavy atom. The summed E-state index contributed by atoms with van der Waals surface area (Å²) in [5, 5.41) is 0. The van der Waals surface area contributed by atoms with Gasteiger partial charge in [0, 0.05) is 12.4 Å². The van der Waals surface area contributed by atoms with Gasteiger partial charge in [-0.05, 0) is 30.7 Å². The van der Waals surface area contributed by atoms with Crippen LogP contribution in [-0.2, 0) is 0 Å². The van der Waals surface area contributed by atoms with Gasteiger partial charge in [0.05, 0.1) is 5.56 Å². The summed E-state index contributed by atoms with van der Waals surface area (Å²) in [5.41, 5.74) is 0.847. The van der Waals surface area contributed by atoms with Crippen LogP contribution in [0, 0.1) is 12.7 Å². The Kier molecular flexibility index (Phi) is 3.09. The van der Waals surface area contributed by atoms with Crippen molar-refractivity contribution < 1.29 is 13.9 Å². The van der Waals surface area contributed by atoms with Crippen molar-refractivity contribution in [3.05, 3.63) is 47.5 Å². The van der Waals surface area contributed by atoms with Gasteiger partial charge in [0.25, 0.3) is 0 Å². The van der Waals surface area contributed by atoms with Gasteiger partial charge in [0.15, 0.2) is 6.29 Å². The summed E-state index contributed by atoms with van der Waals surface area (Å²) in [7, 11) is 0. The van der Waals surface area contributed by atoms with E-state index in [1.165, 1.54) is 24.5 Å². The molecule has 0 aliphatic carbocycles. The van der Waals surface area contributed by atoms with E-state index in [0.29, 0.717) is 23.2 Å². The van der Waals surface area contributed by atoms with Crippen LogP contribution in [0.25, 0.3) is 0 Å². The summed E-state index contributed by atoms with van der Waals surface area (Å²) >= 11 is 0. The van der Waals surface area contributed by atoms with Crippen LogP contribution in [0.3, 0.4) is 0 Å². The Morgan fingerprint density at radius 1 is 1.29 bits per heavy atom. The first-order valence-corrected chi connectivity index (χ1v) is 4.90. The van der Waals surface area contributed by atoms with Crippen molar-refractivity contribution in [2.45, 2.75) is 6.92 Å². The number of carbonyl (C=O) groups is 1. The highest BCUT2D eigenvalue weighted by Gasteiger charge is 2.03. The average molecular weight is 232 g/mol. The Bertz CT molecular complexity index is 541. The maximum Gasteiger partial charge on any atom is 0.321 e. The normalized spacial score (nSPS) is 10.0. The SMILES string of the molecule is Cc1cc(Oc2ncc(C=O)cn2)ccc1F. The molecule has 86 valence electrons. The molecule has 1 aromatic carbocycles. The van der Waals surface area contributed by atoms with E-state index in [0.717, 1.165) is 0 Å². The molecule has 0 unspecified atom stereocenters. The third-order valence-corrected chi connectivity index (χ3v) is 2.12. The Morgan fingerprint density at radius 2 is 2.00 bits per heavy atom. The molecule has 0 aliphatic rings. The van der Waals surface area contributed by atoms with E-state index in [9.17, 15) is 9.18 Å². The highest BCUT2D eigenvalue weighted by Crippen LogP contribution is 2.20. The highest BCUT2D eigenvalue weighted by atomic mass is 19.1. The van der Waals surface area contributed by atoms with E-state index < -0.39 is 0 Å². The molecule has 2 rings (SSSR count). The lowest BCUT2D eigenvalue weighted by Gasteiger charge is -2.04. The number of hydrogen-bond donors (Lipinski definition) is 0. The molecule has 0 spiro atoms. The fraction of sp³-hybridized carbons (Fsp3) is 0.0833. The number of aryl methyl sites for hydroxylation is 1. The summed E-state index contributed by atoms with van der Waals surface area (Å²) < 4.78 is 18.3. The third kappa shape index (κ3) is 2.63. The molecule has 0 fully saturated rings. The van der Waals surface area contributed by atoms with Gasteiger partial charge >= 0.3 is 6.01 Å². The average Bonchev–Trinajstić information content (AvgIpc) is 2.35. The predicted molar refractivity (Wildman–Crippen MR) is 58.6 cm³/mol. The largest absolute Gasteiger partial charge is 0.424 e. The maximum atomic E-state index is 13.0. The van der Waals surface area contributed by atoms with Crippen molar-refractivity contribution in [2.24, 2.45) is 0 Å². The van der Waals surface area contributed by atoms with Crippen LogP contribution in [-0.4, -0.2) is 16.3 Å². The van der Waals surface area contributed by atoms with E-state index in [1.54, 1.807) is 13.0 Å². The second-order valence-electron chi connectivity index (χ2n) is 3.43. The molecule has 2 aromatic rings. The minimum Gasteiger partial charge on any atom is -0.424 e. The number of aldehydes is 1. The molecule has 1 heterocycles. The molecule has 0 N–H and O–H groups in total. The van der Waals surface area contributed by atoms with E-state index in [-0.39, 0.29) is 11.8 Å². The zero-order chi connectivity index (χ0) is 12.3. The fourth-order valence-electron chi connectivity index (χ4n) is 1.23. The van der Waals surface area contributed by atoms with E-state index >= 15 is 0 Å². The molecule has 0 radical (unpaired) electrons. The van der Waals surface area contributed by atoms with Crippen molar-refractivity contribution >= 4 is 6.29 Å². The molecule has 17 heavy (non-hydrogen) atoms. The number of rotatable bonds is 3. The minimum atomic E-state index is -0.297. The summed E-state index contributed by atoms with van der Waals surface area (Å²) in [6, 6.07) is 4.46. The van der Waals surface area contributed by atoms with Crippen molar-refractivity contribution in [3.63, 3.8) is 0 Å². The molecule has 1 aromatic heterocycles. The number of carbonyl (C=O) groups excluding carboxylic acids is 1. The lowest BCUT2D eigenvalue weighted by Crippen LogP contribution is -1.94. The topological polar surface area (TPSA) is 52.1 Å². The molecule has 0 aliphatic heterocycles. The van der Waals surface area contributed by atoms with Crippen LogP contribution in [0.15, 0.2) is 30.6 Å². The van der Waals surface area contributed by atoms with Crippen molar-refractivity contribution in [1.29, 1.82) is 0 Å². The van der Waals surface area contributed by atoms with Crippen molar-refractivity contribution in [2.75, 3.05) is 0 Å². The van der Waals surface area contributed by atoms with Gasteiger partial charge in [-0.2, -0.15) is 0 Å². The van der Waals surface area contributed by atoms with E-state index in [2.05, 4.69) is 9.97 Å². The minimum absolute atomic E-state index is 0.113. The van der Waals surface area contributed by atoms with E-state index in [4.69, 9.17) is 4.74 Å². The standard InChI is InChI=1S/C12H9FN2O2/c1-8-4-10(2-3-11(8)13)17-12-14-5-9(7-16)6-15-12/h2-7H,1H3. The predicted octanol–water partition coefficient (Wildman–Crippen LogP) is 2.53. The number of hydrogen-bond acceptors (Lipinski definition) is 4. The van der Waals surface area contributed by atoms with Gasteiger partial charge in [-0.25, -0.2) is 14.4 Å². The summed E-state index contributed by atoms with van der Waals surface area (Å²) in [6.45, 7) is 1.64. The zero-order valence-electron chi connectivity index (χ0n) is 9.05. The maximum absolute atomic E-state index is 13.0. The zero-order valence-corrected chi connectivity index (χ0v) is 9.05. The molecular weight excluding hydrogens is 223 g/mol. The van der Waals surface area contributed by atoms with Crippen LogP contribution in [0.4, 0.5) is 4.39 Å². The Balaban J connectivity index is 2.19. The van der Waals surface area contributed by atoms with Crippen molar-refractivity contribution in [1.82, 2.24) is 9.97 Å². The van der Waals surface area contributed by atoms with Gasteiger partial charge < -0.3 is 4.74 Å². The quantitative estimate of drug-likeness (QED) is 0.763. The van der Waals surface area contributed by atoms with Crippen LogP contribution in [0.5, 0.6) is 11.8 Å². The Labute approximate surface area is 97.1 Å². The summed E-state index contributed by atoms with van der Waals surface area (Å²) in [6.07, 6.45) is 3.35. The van der Waals surface area contributed by atoms with Crippen LogP contribution in [0.2, 0.25) is 0 Å². The molecular formula is C12H9FN2O2. The number of ether oxygens (including phenoxy) is 1. The first kappa shape index (κ1) is 11.2. The smallest absolute Gasteiger partial charge is 0.321 e. The number of aromatic nitrogens is 2. The van der Waals surface area contributed by atoms with Gasteiger partial charge in [-0.15, -0.1) is 0 Å². The monoisotopic (exact) mass is 232 g/mol. The van der Waals surface area contributed by atoms with Crippen LogP contribution < -0.4 is 4.74 Å². The van der Waals surface area contributed by atoms with Gasteiger partial charge in [0.1, 0.15) is 11.6 Å². The molecule has 0 bridgehead atoms. The van der Waals surface area contributed by atoms with Crippen LogP contribution >= 0.6 is 0 Å². The lowest BCUT2D eigenvalue weighted by atomic mass is 10.2. The summed E-state index contributed by atoms with van der Waals surface area (Å²) in [4.78, 5) is 18.1. The molecule has 0 amide bonds. The third-order valence-electron chi connectivity index (χ3n) is 2.12. The number of benzene rings is 1. The van der Waals surface area contributed by atoms with Gasteiger partial charge in [-0.1, -0.05) is 0 Å². The molecule has 4 nitrogen and oxygen atoms in total. The van der Waals surface area contributed by atoms with E-state index in [1.807, 2.05) is 0 Å². The first-order valence-electron chi connectivity index (χ1n) is 4.90. The highest BCUT2D eigenvalue weighted by molar-refractivity contribution is 5.73. The fourth-order valence-corrected chi connectivity index (χ4v) is 1.23. The van der Waals surface area contributed by atoms with Gasteiger partial charge in [0.2, 0.25) is 0 Å². The molecule has 0 saturated heterocycles. The molecule has 0 saturated carbocycles.